The highest BCUT2D eigenvalue weighted by molar-refractivity contribution is 5.35. The van der Waals surface area contributed by atoms with Crippen molar-refractivity contribution in [2.45, 2.75) is 37.9 Å². The molecule has 2 aromatic rings. The second kappa shape index (κ2) is 6.43. The second-order valence-corrected chi connectivity index (χ2v) is 6.91. The number of fused-ring (bicyclic) bond motifs is 1. The Kier molecular flexibility index (Phi) is 4.16. The maximum absolute atomic E-state index is 4.31. The van der Waals surface area contributed by atoms with Crippen molar-refractivity contribution in [3.63, 3.8) is 0 Å². The molecule has 5 heteroatoms. The Balaban J connectivity index is 1.39. The largest absolute Gasteiger partial charge is 0.301 e. The fourth-order valence-corrected chi connectivity index (χ4v) is 4.08. The third kappa shape index (κ3) is 3.17. The van der Waals surface area contributed by atoms with Gasteiger partial charge in [0.05, 0.1) is 5.69 Å². The lowest BCUT2D eigenvalue weighted by atomic mass is 9.97. The Morgan fingerprint density at radius 3 is 3.09 bits per heavy atom. The summed E-state index contributed by atoms with van der Waals surface area (Å²) >= 11 is 0. The van der Waals surface area contributed by atoms with Gasteiger partial charge in [0.25, 0.3) is 0 Å². The summed E-state index contributed by atoms with van der Waals surface area (Å²) in [5.74, 6) is 0.799. The van der Waals surface area contributed by atoms with Crippen LogP contribution >= 0.6 is 0 Å². The number of nitrogens with one attached hydrogen (secondary N) is 2. The fraction of sp³-hybridized carbons (Fsp3) is 0.500. The van der Waals surface area contributed by atoms with Gasteiger partial charge < -0.3 is 4.90 Å². The van der Waals surface area contributed by atoms with Crippen molar-refractivity contribution in [1.29, 1.82) is 0 Å². The summed E-state index contributed by atoms with van der Waals surface area (Å²) in [6.45, 7) is 2.05. The van der Waals surface area contributed by atoms with E-state index in [4.69, 9.17) is 0 Å². The van der Waals surface area contributed by atoms with E-state index < -0.39 is 0 Å². The number of likely N-dealkylation sites (N-methyl/N-ethyl adjacent to an activating group) is 1. The molecule has 3 unspecified atom stereocenters. The van der Waals surface area contributed by atoms with Crippen LogP contribution in [-0.4, -0.2) is 40.4 Å². The van der Waals surface area contributed by atoms with Gasteiger partial charge >= 0.3 is 0 Å². The first-order valence-corrected chi connectivity index (χ1v) is 8.58. The zero-order chi connectivity index (χ0) is 15.6. The number of aromatic nitrogens is 2. The Morgan fingerprint density at radius 1 is 1.26 bits per heavy atom. The standard InChI is InChI=1S/C18H25N5/c1-22(13-18-16-7-3-8-17(16)20-21-18)12-14-5-2-6-15(11-14)23-10-4-9-19-23/h2,4-6,9-11,16-18,20-21H,3,7-8,12-13H2,1H3. The molecule has 1 saturated carbocycles. The molecule has 2 fully saturated rings. The molecule has 5 nitrogen and oxygen atoms in total. The molecule has 2 aliphatic rings. The summed E-state index contributed by atoms with van der Waals surface area (Å²) in [5, 5.41) is 4.31. The van der Waals surface area contributed by atoms with Crippen LogP contribution in [0.15, 0.2) is 42.7 Å². The maximum Gasteiger partial charge on any atom is 0.0648 e. The quantitative estimate of drug-likeness (QED) is 0.886. The molecule has 0 amide bonds. The van der Waals surface area contributed by atoms with Crippen molar-refractivity contribution in [3.05, 3.63) is 48.3 Å². The molecule has 1 aliphatic carbocycles. The van der Waals surface area contributed by atoms with Gasteiger partial charge in [-0.25, -0.2) is 4.68 Å². The van der Waals surface area contributed by atoms with Gasteiger partial charge in [-0.2, -0.15) is 5.10 Å². The molecule has 1 aromatic carbocycles. The number of rotatable bonds is 5. The molecule has 23 heavy (non-hydrogen) atoms. The van der Waals surface area contributed by atoms with Crippen LogP contribution in [-0.2, 0) is 6.54 Å². The van der Waals surface area contributed by atoms with E-state index in [0.29, 0.717) is 12.1 Å². The van der Waals surface area contributed by atoms with Crippen LogP contribution < -0.4 is 10.9 Å². The lowest BCUT2D eigenvalue weighted by Crippen LogP contribution is -2.41. The van der Waals surface area contributed by atoms with Gasteiger partial charge in [-0.05, 0) is 49.6 Å². The predicted octanol–water partition coefficient (Wildman–Crippen LogP) is 1.95. The number of hydrogen-bond donors (Lipinski definition) is 2. The van der Waals surface area contributed by atoms with E-state index in [2.05, 4.69) is 52.2 Å². The van der Waals surface area contributed by atoms with Crippen molar-refractivity contribution in [2.75, 3.05) is 13.6 Å². The first-order valence-electron chi connectivity index (χ1n) is 8.58. The maximum atomic E-state index is 4.31. The highest BCUT2D eigenvalue weighted by atomic mass is 15.4. The Hall–Kier alpha value is -1.69. The molecule has 2 heterocycles. The van der Waals surface area contributed by atoms with Gasteiger partial charge in [0, 0.05) is 37.6 Å². The molecule has 3 atom stereocenters. The molecule has 2 N–H and O–H groups in total. The van der Waals surface area contributed by atoms with Crippen molar-refractivity contribution < 1.29 is 0 Å². The van der Waals surface area contributed by atoms with Crippen molar-refractivity contribution in [1.82, 2.24) is 25.5 Å². The number of benzene rings is 1. The Bertz CT molecular complexity index is 639. The molecule has 1 aliphatic heterocycles. The van der Waals surface area contributed by atoms with E-state index >= 15 is 0 Å². The predicted molar refractivity (Wildman–Crippen MR) is 91.1 cm³/mol. The first-order chi connectivity index (χ1) is 11.3. The van der Waals surface area contributed by atoms with Crippen LogP contribution in [0.1, 0.15) is 24.8 Å². The number of hydrazine groups is 1. The molecule has 1 aromatic heterocycles. The average Bonchev–Trinajstić information content (AvgIpc) is 3.27. The third-order valence-electron chi connectivity index (χ3n) is 5.18. The molecule has 0 radical (unpaired) electrons. The third-order valence-corrected chi connectivity index (χ3v) is 5.18. The molecule has 122 valence electrons. The normalized spacial score (nSPS) is 26.8. The lowest BCUT2D eigenvalue weighted by Gasteiger charge is -2.24. The number of nitrogens with zero attached hydrogens (tertiary/aromatic N) is 3. The van der Waals surface area contributed by atoms with Crippen LogP contribution in [0.4, 0.5) is 0 Å². The smallest absolute Gasteiger partial charge is 0.0648 e. The molecular weight excluding hydrogens is 286 g/mol. The Labute approximate surface area is 137 Å². The van der Waals surface area contributed by atoms with Crippen molar-refractivity contribution >= 4 is 0 Å². The molecule has 0 bridgehead atoms. The van der Waals surface area contributed by atoms with E-state index in [9.17, 15) is 0 Å². The number of hydrogen-bond acceptors (Lipinski definition) is 4. The van der Waals surface area contributed by atoms with E-state index in [1.165, 1.54) is 24.8 Å². The lowest BCUT2D eigenvalue weighted by molar-refractivity contribution is 0.263. The Morgan fingerprint density at radius 2 is 2.22 bits per heavy atom. The fourth-order valence-electron chi connectivity index (χ4n) is 4.08. The summed E-state index contributed by atoms with van der Waals surface area (Å²) in [4.78, 5) is 2.42. The van der Waals surface area contributed by atoms with E-state index in [0.717, 1.165) is 24.7 Å². The van der Waals surface area contributed by atoms with Gasteiger partial charge in [0.2, 0.25) is 0 Å². The minimum atomic E-state index is 0.571. The van der Waals surface area contributed by atoms with E-state index in [1.807, 2.05) is 23.1 Å². The van der Waals surface area contributed by atoms with E-state index in [-0.39, 0.29) is 0 Å². The zero-order valence-corrected chi connectivity index (χ0v) is 13.7. The minimum absolute atomic E-state index is 0.571. The van der Waals surface area contributed by atoms with Crippen molar-refractivity contribution in [3.8, 4) is 5.69 Å². The van der Waals surface area contributed by atoms with Crippen LogP contribution in [0.2, 0.25) is 0 Å². The molecule has 0 spiro atoms. The van der Waals surface area contributed by atoms with Gasteiger partial charge in [-0.15, -0.1) is 0 Å². The second-order valence-electron chi connectivity index (χ2n) is 6.91. The van der Waals surface area contributed by atoms with E-state index in [1.54, 1.807) is 0 Å². The van der Waals surface area contributed by atoms with Gasteiger partial charge in [-0.3, -0.25) is 10.9 Å². The van der Waals surface area contributed by atoms with Gasteiger partial charge in [-0.1, -0.05) is 18.6 Å². The molecule has 1 saturated heterocycles. The monoisotopic (exact) mass is 311 g/mol. The highest BCUT2D eigenvalue weighted by Crippen LogP contribution is 2.31. The molecular formula is C18H25N5. The molecule has 4 rings (SSSR count). The summed E-state index contributed by atoms with van der Waals surface area (Å²) < 4.78 is 1.91. The van der Waals surface area contributed by atoms with Crippen LogP contribution in [0.25, 0.3) is 5.69 Å². The highest BCUT2D eigenvalue weighted by Gasteiger charge is 2.39. The summed E-state index contributed by atoms with van der Waals surface area (Å²) in [7, 11) is 2.21. The van der Waals surface area contributed by atoms with Gasteiger partial charge in [0.1, 0.15) is 0 Å². The first kappa shape index (κ1) is 14.9. The summed E-state index contributed by atoms with van der Waals surface area (Å²) in [6.07, 6.45) is 7.85. The van der Waals surface area contributed by atoms with Crippen molar-refractivity contribution in [2.24, 2.45) is 5.92 Å². The topological polar surface area (TPSA) is 45.1 Å². The summed E-state index contributed by atoms with van der Waals surface area (Å²) in [6, 6.07) is 11.9. The van der Waals surface area contributed by atoms with Crippen LogP contribution in [0.5, 0.6) is 0 Å². The minimum Gasteiger partial charge on any atom is -0.301 e. The average molecular weight is 311 g/mol. The SMILES string of the molecule is CN(Cc1cccc(-n2cccn2)c1)CC1NNC2CCCC21. The summed E-state index contributed by atoms with van der Waals surface area (Å²) in [5.41, 5.74) is 9.43. The van der Waals surface area contributed by atoms with Gasteiger partial charge in [0.15, 0.2) is 0 Å². The van der Waals surface area contributed by atoms with Crippen LogP contribution in [0.3, 0.4) is 0 Å². The zero-order valence-electron chi connectivity index (χ0n) is 13.7. The van der Waals surface area contributed by atoms with Crippen LogP contribution in [0, 0.1) is 5.92 Å².